The predicted octanol–water partition coefficient (Wildman–Crippen LogP) is 3.77. The zero-order chi connectivity index (χ0) is 9.42. The lowest BCUT2D eigenvalue weighted by Gasteiger charge is -2.25. The average Bonchev–Trinajstić information content (AvgIpc) is 2.15. The van der Waals surface area contributed by atoms with Crippen LogP contribution in [0, 0.1) is 0 Å². The number of halogens is 1. The van der Waals surface area contributed by atoms with Gasteiger partial charge in [0.15, 0.2) is 0 Å². The van der Waals surface area contributed by atoms with Crippen LogP contribution in [0.4, 0.5) is 4.39 Å². The third kappa shape index (κ3) is 1.37. The first kappa shape index (κ1) is 8.74. The SMILES string of the molecule is CCC(C)c1ccc2c(c1)C(F)C2. The van der Waals surface area contributed by atoms with Crippen LogP contribution >= 0.6 is 0 Å². The van der Waals surface area contributed by atoms with E-state index in [1.165, 1.54) is 11.1 Å². The van der Waals surface area contributed by atoms with Crippen LogP contribution in [0.15, 0.2) is 18.2 Å². The van der Waals surface area contributed by atoms with Gasteiger partial charge in [-0.2, -0.15) is 0 Å². The first-order chi connectivity index (χ1) is 6.22. The molecular formula is C12H15F. The molecule has 13 heavy (non-hydrogen) atoms. The Labute approximate surface area is 78.8 Å². The molecule has 2 atom stereocenters. The lowest BCUT2D eigenvalue weighted by Crippen LogP contribution is -2.13. The normalized spacial score (nSPS) is 21.9. The van der Waals surface area contributed by atoms with Gasteiger partial charge in [-0.25, -0.2) is 4.39 Å². The molecule has 1 heteroatoms. The zero-order valence-electron chi connectivity index (χ0n) is 8.18. The second-order valence-electron chi connectivity index (χ2n) is 3.94. The third-order valence-corrected chi connectivity index (χ3v) is 3.09. The van der Waals surface area contributed by atoms with E-state index in [2.05, 4.69) is 26.0 Å². The van der Waals surface area contributed by atoms with Gasteiger partial charge in [0, 0.05) is 6.42 Å². The summed E-state index contributed by atoms with van der Waals surface area (Å²) in [7, 11) is 0. The molecule has 0 saturated heterocycles. The van der Waals surface area contributed by atoms with Crippen molar-refractivity contribution in [3.63, 3.8) is 0 Å². The molecular weight excluding hydrogens is 163 g/mol. The fourth-order valence-corrected chi connectivity index (χ4v) is 1.81. The second kappa shape index (κ2) is 3.13. The Balaban J connectivity index is 2.30. The number of alkyl halides is 1. The molecule has 0 radical (unpaired) electrons. The van der Waals surface area contributed by atoms with Gasteiger partial charge in [0.05, 0.1) is 0 Å². The maximum atomic E-state index is 13.1. The van der Waals surface area contributed by atoms with Crippen molar-refractivity contribution in [1.82, 2.24) is 0 Å². The van der Waals surface area contributed by atoms with Crippen molar-refractivity contribution in [1.29, 1.82) is 0 Å². The second-order valence-corrected chi connectivity index (χ2v) is 3.94. The predicted molar refractivity (Wildman–Crippen MR) is 52.7 cm³/mol. The molecule has 0 heterocycles. The van der Waals surface area contributed by atoms with Gasteiger partial charge in [0.1, 0.15) is 6.17 Å². The van der Waals surface area contributed by atoms with Crippen molar-refractivity contribution in [3.8, 4) is 0 Å². The van der Waals surface area contributed by atoms with Crippen LogP contribution in [0.1, 0.15) is 49.0 Å². The maximum absolute atomic E-state index is 13.1. The van der Waals surface area contributed by atoms with E-state index in [0.717, 1.165) is 12.0 Å². The van der Waals surface area contributed by atoms with Gasteiger partial charge in [-0.15, -0.1) is 0 Å². The molecule has 1 aliphatic rings. The van der Waals surface area contributed by atoms with E-state index in [1.54, 1.807) is 0 Å². The van der Waals surface area contributed by atoms with Crippen LogP contribution in [0.25, 0.3) is 0 Å². The molecule has 0 bridgehead atoms. The highest BCUT2D eigenvalue weighted by Crippen LogP contribution is 2.37. The van der Waals surface area contributed by atoms with Gasteiger partial charge < -0.3 is 0 Å². The minimum atomic E-state index is -0.695. The summed E-state index contributed by atoms with van der Waals surface area (Å²) in [6, 6.07) is 6.25. The van der Waals surface area contributed by atoms with Crippen LogP contribution in [0.3, 0.4) is 0 Å². The van der Waals surface area contributed by atoms with Crippen LogP contribution in [0.5, 0.6) is 0 Å². The highest BCUT2D eigenvalue weighted by molar-refractivity contribution is 5.42. The Morgan fingerprint density at radius 2 is 2.31 bits per heavy atom. The van der Waals surface area contributed by atoms with E-state index in [9.17, 15) is 4.39 Å². The molecule has 2 rings (SSSR count). The highest BCUT2D eigenvalue weighted by atomic mass is 19.1. The van der Waals surface area contributed by atoms with Crippen molar-refractivity contribution in [2.75, 3.05) is 0 Å². The molecule has 1 aromatic rings. The minimum Gasteiger partial charge on any atom is -0.242 e. The number of benzene rings is 1. The lowest BCUT2D eigenvalue weighted by atomic mass is 9.83. The largest absolute Gasteiger partial charge is 0.242 e. The summed E-state index contributed by atoms with van der Waals surface area (Å²) in [5.41, 5.74) is 3.40. The molecule has 0 aliphatic heterocycles. The summed E-state index contributed by atoms with van der Waals surface area (Å²) >= 11 is 0. The van der Waals surface area contributed by atoms with Crippen LogP contribution in [-0.2, 0) is 6.42 Å². The van der Waals surface area contributed by atoms with Crippen LogP contribution in [0.2, 0.25) is 0 Å². The van der Waals surface area contributed by atoms with E-state index in [1.807, 2.05) is 6.07 Å². The van der Waals surface area contributed by atoms with Crippen molar-refractivity contribution >= 4 is 0 Å². The van der Waals surface area contributed by atoms with E-state index < -0.39 is 6.17 Å². The average molecular weight is 178 g/mol. The Morgan fingerprint density at radius 1 is 1.54 bits per heavy atom. The van der Waals surface area contributed by atoms with Crippen molar-refractivity contribution in [3.05, 3.63) is 34.9 Å². The molecule has 0 saturated carbocycles. The Kier molecular flexibility index (Phi) is 2.10. The molecule has 0 nitrogen and oxygen atoms in total. The maximum Gasteiger partial charge on any atom is 0.129 e. The summed E-state index contributed by atoms with van der Waals surface area (Å²) in [6.45, 7) is 4.35. The zero-order valence-corrected chi connectivity index (χ0v) is 8.18. The number of rotatable bonds is 2. The summed E-state index contributed by atoms with van der Waals surface area (Å²) in [4.78, 5) is 0. The molecule has 70 valence electrons. The van der Waals surface area contributed by atoms with Crippen molar-refractivity contribution in [2.24, 2.45) is 0 Å². The summed E-state index contributed by atoms with van der Waals surface area (Å²) in [6.07, 6.45) is 1.05. The summed E-state index contributed by atoms with van der Waals surface area (Å²) < 4.78 is 13.1. The quantitative estimate of drug-likeness (QED) is 0.646. The first-order valence-corrected chi connectivity index (χ1v) is 4.99. The molecule has 0 amide bonds. The number of hydrogen-bond donors (Lipinski definition) is 0. The lowest BCUT2D eigenvalue weighted by molar-refractivity contribution is 0.305. The molecule has 2 unspecified atom stereocenters. The van der Waals surface area contributed by atoms with Gasteiger partial charge >= 0.3 is 0 Å². The van der Waals surface area contributed by atoms with Crippen molar-refractivity contribution in [2.45, 2.75) is 38.8 Å². The minimum absolute atomic E-state index is 0.554. The molecule has 1 aliphatic carbocycles. The van der Waals surface area contributed by atoms with E-state index >= 15 is 0 Å². The van der Waals surface area contributed by atoms with Gasteiger partial charge in [-0.05, 0) is 29.0 Å². The third-order valence-electron chi connectivity index (χ3n) is 3.09. The Hall–Kier alpha value is -0.850. The van der Waals surface area contributed by atoms with Crippen LogP contribution in [-0.4, -0.2) is 0 Å². The molecule has 0 spiro atoms. The van der Waals surface area contributed by atoms with Crippen LogP contribution < -0.4 is 0 Å². The van der Waals surface area contributed by atoms with E-state index in [4.69, 9.17) is 0 Å². The standard InChI is InChI=1S/C12H15F/c1-3-8(2)9-4-5-10-7-12(13)11(10)6-9/h4-6,8,12H,3,7H2,1-2H3. The van der Waals surface area contributed by atoms with Gasteiger partial charge in [0.2, 0.25) is 0 Å². The molecule has 0 aromatic heterocycles. The smallest absolute Gasteiger partial charge is 0.129 e. The van der Waals surface area contributed by atoms with Gasteiger partial charge in [-0.1, -0.05) is 32.0 Å². The number of hydrogen-bond acceptors (Lipinski definition) is 0. The fourth-order valence-electron chi connectivity index (χ4n) is 1.81. The highest BCUT2D eigenvalue weighted by Gasteiger charge is 2.25. The van der Waals surface area contributed by atoms with Gasteiger partial charge in [0.25, 0.3) is 0 Å². The summed E-state index contributed by atoms with van der Waals surface area (Å²) in [5, 5.41) is 0. The van der Waals surface area contributed by atoms with E-state index in [0.29, 0.717) is 12.3 Å². The van der Waals surface area contributed by atoms with Crippen molar-refractivity contribution < 1.29 is 4.39 Å². The van der Waals surface area contributed by atoms with E-state index in [-0.39, 0.29) is 0 Å². The number of fused-ring (bicyclic) bond motifs is 1. The topological polar surface area (TPSA) is 0 Å². The molecule has 0 fully saturated rings. The Morgan fingerprint density at radius 3 is 2.92 bits per heavy atom. The molecule has 0 N–H and O–H groups in total. The summed E-state index contributed by atoms with van der Waals surface area (Å²) in [5.74, 6) is 0.554. The fraction of sp³-hybridized carbons (Fsp3) is 0.500. The monoisotopic (exact) mass is 178 g/mol. The molecule has 1 aromatic carbocycles. The van der Waals surface area contributed by atoms with Gasteiger partial charge in [-0.3, -0.25) is 0 Å². The first-order valence-electron chi connectivity index (χ1n) is 4.99. The Bertz CT molecular complexity index is 317.